The van der Waals surface area contributed by atoms with Crippen LogP contribution in [-0.2, 0) is 22.1 Å². The van der Waals surface area contributed by atoms with Crippen molar-refractivity contribution in [3.05, 3.63) is 59.7 Å². The fraction of sp³-hybridized carbons (Fsp3) is 0.188. The molecule has 0 radical (unpaired) electrons. The fourth-order valence-electron chi connectivity index (χ4n) is 1.78. The highest BCUT2D eigenvalue weighted by Gasteiger charge is 2.08. The first-order chi connectivity index (χ1) is 10.1. The van der Waals surface area contributed by atoms with Gasteiger partial charge in [-0.05, 0) is 42.0 Å². The topological polar surface area (TPSA) is 52.6 Å². The van der Waals surface area contributed by atoms with E-state index in [1.54, 1.807) is 37.6 Å². The maximum absolute atomic E-state index is 11.9. The SMILES string of the molecule is COc1cccc(COC(=O)c2ccc([S@@](C)=O)cc2)c1. The zero-order chi connectivity index (χ0) is 15.2. The van der Waals surface area contributed by atoms with E-state index in [2.05, 4.69) is 0 Å². The molecular weight excluding hydrogens is 288 g/mol. The molecule has 2 aromatic rings. The van der Waals surface area contributed by atoms with Crippen molar-refractivity contribution in [3.63, 3.8) is 0 Å². The number of rotatable bonds is 5. The van der Waals surface area contributed by atoms with Crippen molar-refractivity contribution in [2.75, 3.05) is 13.4 Å². The van der Waals surface area contributed by atoms with E-state index in [-0.39, 0.29) is 6.61 Å². The molecule has 2 rings (SSSR count). The molecule has 0 bridgehead atoms. The van der Waals surface area contributed by atoms with Crippen LogP contribution in [0.4, 0.5) is 0 Å². The Morgan fingerprint density at radius 3 is 2.48 bits per heavy atom. The third-order valence-electron chi connectivity index (χ3n) is 2.93. The second-order valence-electron chi connectivity index (χ2n) is 4.41. The summed E-state index contributed by atoms with van der Waals surface area (Å²) in [5.74, 6) is 0.310. The predicted octanol–water partition coefficient (Wildman–Crippen LogP) is 2.79. The number of methoxy groups -OCH3 is 1. The Morgan fingerprint density at radius 1 is 1.14 bits per heavy atom. The first-order valence-corrected chi connectivity index (χ1v) is 7.89. The van der Waals surface area contributed by atoms with Gasteiger partial charge >= 0.3 is 5.97 Å². The van der Waals surface area contributed by atoms with Gasteiger partial charge in [-0.15, -0.1) is 0 Å². The Hall–Kier alpha value is -2.14. The predicted molar refractivity (Wildman–Crippen MR) is 80.9 cm³/mol. The van der Waals surface area contributed by atoms with Crippen LogP contribution < -0.4 is 4.74 Å². The number of hydrogen-bond acceptors (Lipinski definition) is 4. The van der Waals surface area contributed by atoms with Crippen molar-refractivity contribution < 1.29 is 18.5 Å². The van der Waals surface area contributed by atoms with E-state index in [4.69, 9.17) is 9.47 Å². The van der Waals surface area contributed by atoms with Crippen LogP contribution in [0, 0.1) is 0 Å². The van der Waals surface area contributed by atoms with Crippen molar-refractivity contribution in [2.24, 2.45) is 0 Å². The van der Waals surface area contributed by atoms with Crippen LogP contribution in [0.2, 0.25) is 0 Å². The van der Waals surface area contributed by atoms with Crippen LogP contribution in [-0.4, -0.2) is 23.5 Å². The van der Waals surface area contributed by atoms with Crippen molar-refractivity contribution in [3.8, 4) is 5.75 Å². The quantitative estimate of drug-likeness (QED) is 0.797. The lowest BCUT2D eigenvalue weighted by molar-refractivity contribution is 0.0472. The van der Waals surface area contributed by atoms with Gasteiger partial charge in [0, 0.05) is 22.0 Å². The summed E-state index contributed by atoms with van der Waals surface area (Å²) in [5.41, 5.74) is 1.29. The van der Waals surface area contributed by atoms with E-state index in [0.717, 1.165) is 11.3 Å². The lowest BCUT2D eigenvalue weighted by Crippen LogP contribution is -2.05. The smallest absolute Gasteiger partial charge is 0.338 e. The van der Waals surface area contributed by atoms with Crippen molar-refractivity contribution >= 4 is 16.8 Å². The van der Waals surface area contributed by atoms with E-state index < -0.39 is 16.8 Å². The lowest BCUT2D eigenvalue weighted by atomic mass is 10.2. The van der Waals surface area contributed by atoms with Crippen LogP contribution in [0.15, 0.2) is 53.4 Å². The molecule has 0 amide bonds. The number of carbonyl (C=O) groups excluding carboxylic acids is 1. The maximum atomic E-state index is 11.9. The van der Waals surface area contributed by atoms with E-state index in [9.17, 15) is 9.00 Å². The summed E-state index contributed by atoms with van der Waals surface area (Å²) in [6.07, 6.45) is 1.59. The van der Waals surface area contributed by atoms with Gasteiger partial charge in [-0.2, -0.15) is 0 Å². The molecular formula is C16H16O4S. The fourth-order valence-corrected chi connectivity index (χ4v) is 2.30. The van der Waals surface area contributed by atoms with Gasteiger partial charge in [-0.25, -0.2) is 4.79 Å². The van der Waals surface area contributed by atoms with Gasteiger partial charge in [-0.3, -0.25) is 4.21 Å². The largest absolute Gasteiger partial charge is 0.497 e. The molecule has 0 N–H and O–H groups in total. The van der Waals surface area contributed by atoms with Gasteiger partial charge in [0.15, 0.2) is 0 Å². The van der Waals surface area contributed by atoms with Gasteiger partial charge in [0.05, 0.1) is 12.7 Å². The molecule has 1 atom stereocenters. The minimum atomic E-state index is -1.05. The van der Waals surface area contributed by atoms with Gasteiger partial charge in [0.2, 0.25) is 0 Å². The summed E-state index contributed by atoms with van der Waals surface area (Å²) >= 11 is 0. The Morgan fingerprint density at radius 2 is 1.86 bits per heavy atom. The standard InChI is InChI=1S/C16H16O4S/c1-19-14-5-3-4-12(10-14)11-20-16(17)13-6-8-15(9-7-13)21(2)18/h3-10H,11H2,1-2H3/t21-/m1/s1. The van der Waals surface area contributed by atoms with Crippen LogP contribution in [0.5, 0.6) is 5.75 Å². The molecule has 0 aliphatic carbocycles. The molecule has 0 saturated heterocycles. The Kier molecular flexibility index (Phi) is 5.11. The van der Waals surface area contributed by atoms with Gasteiger partial charge in [0.1, 0.15) is 12.4 Å². The summed E-state index contributed by atoms with van der Waals surface area (Å²) in [6.45, 7) is 0.178. The molecule has 0 aliphatic rings. The average molecular weight is 304 g/mol. The Bertz CT molecular complexity index is 650. The molecule has 110 valence electrons. The number of benzene rings is 2. The monoisotopic (exact) mass is 304 g/mol. The third-order valence-corrected chi connectivity index (χ3v) is 3.86. The minimum Gasteiger partial charge on any atom is -0.497 e. The van der Waals surface area contributed by atoms with Crippen LogP contribution in [0.3, 0.4) is 0 Å². The molecule has 21 heavy (non-hydrogen) atoms. The second-order valence-corrected chi connectivity index (χ2v) is 5.79. The van der Waals surface area contributed by atoms with Crippen molar-refractivity contribution in [2.45, 2.75) is 11.5 Å². The zero-order valence-corrected chi connectivity index (χ0v) is 12.7. The van der Waals surface area contributed by atoms with Crippen LogP contribution in [0.1, 0.15) is 15.9 Å². The van der Waals surface area contributed by atoms with Gasteiger partial charge in [-0.1, -0.05) is 12.1 Å². The lowest BCUT2D eigenvalue weighted by Gasteiger charge is -2.07. The molecule has 2 aromatic carbocycles. The van der Waals surface area contributed by atoms with Gasteiger partial charge < -0.3 is 9.47 Å². The molecule has 0 aromatic heterocycles. The van der Waals surface area contributed by atoms with Crippen LogP contribution in [0.25, 0.3) is 0 Å². The van der Waals surface area contributed by atoms with Crippen molar-refractivity contribution in [1.29, 1.82) is 0 Å². The summed E-state index contributed by atoms with van der Waals surface area (Å²) in [4.78, 5) is 12.6. The van der Waals surface area contributed by atoms with E-state index in [0.29, 0.717) is 10.5 Å². The Balaban J connectivity index is 1.99. The highest BCUT2D eigenvalue weighted by Crippen LogP contribution is 2.14. The first-order valence-electron chi connectivity index (χ1n) is 6.33. The summed E-state index contributed by atoms with van der Waals surface area (Å²) in [6, 6.07) is 13.9. The summed E-state index contributed by atoms with van der Waals surface area (Å²) in [7, 11) is 0.534. The third kappa shape index (κ3) is 4.16. The molecule has 5 heteroatoms. The molecule has 0 fully saturated rings. The minimum absolute atomic E-state index is 0.178. The molecule has 0 aliphatic heterocycles. The second kappa shape index (κ2) is 7.04. The Labute approximate surface area is 126 Å². The highest BCUT2D eigenvalue weighted by molar-refractivity contribution is 7.84. The molecule has 0 unspecified atom stereocenters. The number of ether oxygens (including phenoxy) is 2. The van der Waals surface area contributed by atoms with E-state index in [1.165, 1.54) is 0 Å². The van der Waals surface area contributed by atoms with Crippen LogP contribution >= 0.6 is 0 Å². The molecule has 0 spiro atoms. The number of esters is 1. The van der Waals surface area contributed by atoms with Crippen molar-refractivity contribution in [1.82, 2.24) is 0 Å². The zero-order valence-electron chi connectivity index (χ0n) is 11.9. The number of carbonyl (C=O) groups is 1. The highest BCUT2D eigenvalue weighted by atomic mass is 32.2. The normalized spacial score (nSPS) is 11.7. The molecule has 4 nitrogen and oxygen atoms in total. The average Bonchev–Trinajstić information content (AvgIpc) is 2.53. The summed E-state index contributed by atoms with van der Waals surface area (Å²) < 4.78 is 21.6. The first kappa shape index (κ1) is 15.3. The van der Waals surface area contributed by atoms with E-state index in [1.807, 2.05) is 24.3 Å². The van der Waals surface area contributed by atoms with E-state index >= 15 is 0 Å². The molecule has 0 heterocycles. The summed E-state index contributed by atoms with van der Waals surface area (Å²) in [5, 5.41) is 0. The maximum Gasteiger partial charge on any atom is 0.338 e. The molecule has 0 saturated carbocycles. The van der Waals surface area contributed by atoms with Gasteiger partial charge in [0.25, 0.3) is 0 Å². The number of hydrogen-bond donors (Lipinski definition) is 0.